The molecule has 0 spiro atoms. The Morgan fingerprint density at radius 2 is 1.77 bits per heavy atom. The van der Waals surface area contributed by atoms with Crippen LogP contribution < -0.4 is 10.2 Å². The van der Waals surface area contributed by atoms with Gasteiger partial charge in [-0.2, -0.15) is 0 Å². The molecule has 2 aromatic carbocycles. The molecule has 2 heterocycles. The summed E-state index contributed by atoms with van der Waals surface area (Å²) >= 11 is 1.91. The third kappa shape index (κ3) is 6.86. The summed E-state index contributed by atoms with van der Waals surface area (Å²) < 4.78 is 0. The number of nitrogens with one attached hydrogen (secondary N) is 1. The first-order valence-corrected chi connectivity index (χ1v) is 10.4. The number of halogens is 3. The minimum absolute atomic E-state index is 0. The summed E-state index contributed by atoms with van der Waals surface area (Å²) in [7, 11) is 2.08. The molecule has 0 bridgehead atoms. The number of likely N-dealkylation sites (N-methyl/N-ethyl adjacent to an activating group) is 1. The molecule has 1 aliphatic rings. The zero-order chi connectivity index (χ0) is 19.3. The lowest BCUT2D eigenvalue weighted by Crippen LogP contribution is -2.37. The molecule has 4 nitrogen and oxygen atoms in total. The van der Waals surface area contributed by atoms with Crippen molar-refractivity contribution < 1.29 is 4.79 Å². The van der Waals surface area contributed by atoms with Crippen molar-refractivity contribution in [1.82, 2.24) is 10.3 Å². The molecular weight excluding hydrogens is 473 g/mol. The molecule has 2 unspecified atom stereocenters. The van der Waals surface area contributed by atoms with Gasteiger partial charge in [-0.1, -0.05) is 48.5 Å². The van der Waals surface area contributed by atoms with Gasteiger partial charge in [-0.15, -0.1) is 49.0 Å². The monoisotopic (exact) mass is 497 g/mol. The average Bonchev–Trinajstić information content (AvgIpc) is 3.23. The second-order valence-electron chi connectivity index (χ2n) is 6.99. The maximum Gasteiger partial charge on any atom is 0.193 e. The van der Waals surface area contributed by atoms with Gasteiger partial charge in [0.25, 0.3) is 0 Å². The van der Waals surface area contributed by atoms with Crippen LogP contribution in [0, 0.1) is 0 Å². The zero-order valence-electron chi connectivity index (χ0n) is 17.0. The predicted molar refractivity (Wildman–Crippen MR) is 138 cm³/mol. The minimum Gasteiger partial charge on any atom is -0.373 e. The quantitative estimate of drug-likeness (QED) is 0.460. The number of rotatable bonds is 6. The third-order valence-electron chi connectivity index (χ3n) is 4.92. The predicted octanol–water partition coefficient (Wildman–Crippen LogP) is 5.42. The number of carbonyl (C=O) groups is 1. The fraction of sp³-hybridized carbons (Fsp3) is 0.217. The molecule has 1 N–H and O–H groups in total. The van der Waals surface area contributed by atoms with Crippen molar-refractivity contribution in [2.75, 3.05) is 24.2 Å². The first-order valence-electron chi connectivity index (χ1n) is 9.39. The first kappa shape index (κ1) is 27.3. The molecule has 1 saturated heterocycles. The van der Waals surface area contributed by atoms with E-state index in [1.807, 2.05) is 72.6 Å². The second-order valence-corrected chi connectivity index (χ2v) is 8.13. The lowest BCUT2D eigenvalue weighted by molar-refractivity contribution is 0.103. The fourth-order valence-electron chi connectivity index (χ4n) is 3.43. The Kier molecular flexibility index (Phi) is 11.4. The first-order chi connectivity index (χ1) is 13.7. The number of benzene rings is 2. The highest BCUT2D eigenvalue weighted by Gasteiger charge is 2.26. The number of anilines is 1. The van der Waals surface area contributed by atoms with Crippen molar-refractivity contribution in [3.63, 3.8) is 0 Å². The summed E-state index contributed by atoms with van der Waals surface area (Å²) in [5, 5.41) is 3.98. The van der Waals surface area contributed by atoms with Gasteiger partial charge in [0, 0.05) is 54.6 Å². The highest BCUT2D eigenvalue weighted by molar-refractivity contribution is 7.99. The van der Waals surface area contributed by atoms with E-state index in [4.69, 9.17) is 0 Å². The van der Waals surface area contributed by atoms with Gasteiger partial charge in [-0.3, -0.25) is 15.1 Å². The van der Waals surface area contributed by atoms with Crippen LogP contribution in [0.2, 0.25) is 0 Å². The number of carbonyl (C=O) groups excluding carboxylic acids is 1. The van der Waals surface area contributed by atoms with E-state index < -0.39 is 0 Å². The summed E-state index contributed by atoms with van der Waals surface area (Å²) in [6.45, 7) is 0.882. The topological polar surface area (TPSA) is 45.2 Å². The third-order valence-corrected chi connectivity index (χ3v) is 6.25. The smallest absolute Gasteiger partial charge is 0.193 e. The van der Waals surface area contributed by atoms with Crippen molar-refractivity contribution in [3.05, 3.63) is 95.8 Å². The SMILES string of the molecule is CN(CC1CSC(c2cccnc2)N1)c1cccc(C(=O)c2ccccc2)c1.Cl.Cl.Cl. The van der Waals surface area contributed by atoms with Crippen LogP contribution in [0.15, 0.2) is 79.1 Å². The van der Waals surface area contributed by atoms with Gasteiger partial charge in [0.1, 0.15) is 0 Å². The fourth-order valence-corrected chi connectivity index (χ4v) is 4.68. The van der Waals surface area contributed by atoms with Crippen molar-refractivity contribution in [3.8, 4) is 0 Å². The van der Waals surface area contributed by atoms with E-state index in [0.717, 1.165) is 29.1 Å². The van der Waals surface area contributed by atoms with Crippen LogP contribution in [0.3, 0.4) is 0 Å². The van der Waals surface area contributed by atoms with Gasteiger partial charge in [0.2, 0.25) is 0 Å². The summed E-state index contributed by atoms with van der Waals surface area (Å²) in [4.78, 5) is 19.2. The van der Waals surface area contributed by atoms with Gasteiger partial charge in [0.15, 0.2) is 5.78 Å². The van der Waals surface area contributed by atoms with E-state index in [1.165, 1.54) is 5.56 Å². The normalized spacial score (nSPS) is 16.9. The Morgan fingerprint density at radius 3 is 2.48 bits per heavy atom. The Morgan fingerprint density at radius 1 is 1.03 bits per heavy atom. The summed E-state index contributed by atoms with van der Waals surface area (Å²) in [6.07, 6.45) is 3.73. The van der Waals surface area contributed by atoms with Gasteiger partial charge < -0.3 is 4.90 Å². The summed E-state index contributed by atoms with van der Waals surface area (Å²) in [5.74, 6) is 1.11. The van der Waals surface area contributed by atoms with E-state index >= 15 is 0 Å². The van der Waals surface area contributed by atoms with Crippen molar-refractivity contribution >= 4 is 60.5 Å². The summed E-state index contributed by atoms with van der Waals surface area (Å²) in [6, 6.07) is 21.8. The number of thioether (sulfide) groups is 1. The highest BCUT2D eigenvalue weighted by atomic mass is 35.5. The van der Waals surface area contributed by atoms with Crippen LogP contribution in [0.4, 0.5) is 5.69 Å². The molecule has 3 aromatic rings. The van der Waals surface area contributed by atoms with Gasteiger partial charge >= 0.3 is 0 Å². The number of nitrogens with zero attached hydrogens (tertiary/aromatic N) is 2. The maximum absolute atomic E-state index is 12.7. The maximum atomic E-state index is 12.7. The number of aromatic nitrogens is 1. The molecule has 8 heteroatoms. The molecular formula is C23H26Cl3N3OS. The molecule has 1 aromatic heterocycles. The van der Waals surface area contributed by atoms with Crippen molar-refractivity contribution in [2.45, 2.75) is 11.4 Å². The van der Waals surface area contributed by atoms with Gasteiger partial charge in [0.05, 0.1) is 5.37 Å². The van der Waals surface area contributed by atoms with Crippen LogP contribution in [-0.2, 0) is 0 Å². The highest BCUT2D eigenvalue weighted by Crippen LogP contribution is 2.32. The Bertz CT molecular complexity index is 947. The van der Waals surface area contributed by atoms with Crippen LogP contribution >= 0.6 is 49.0 Å². The molecule has 0 amide bonds. The van der Waals surface area contributed by atoms with Gasteiger partial charge in [-0.05, 0) is 23.8 Å². The number of hydrogen-bond donors (Lipinski definition) is 1. The van der Waals surface area contributed by atoms with Crippen molar-refractivity contribution in [1.29, 1.82) is 0 Å². The molecule has 2 atom stereocenters. The number of hydrogen-bond acceptors (Lipinski definition) is 5. The molecule has 0 saturated carbocycles. The number of ketones is 1. The van der Waals surface area contributed by atoms with E-state index in [0.29, 0.717) is 6.04 Å². The lowest BCUT2D eigenvalue weighted by atomic mass is 10.0. The van der Waals surface area contributed by atoms with Crippen LogP contribution in [0.25, 0.3) is 0 Å². The van der Waals surface area contributed by atoms with Crippen LogP contribution in [0.1, 0.15) is 26.9 Å². The molecule has 1 fully saturated rings. The van der Waals surface area contributed by atoms with Crippen LogP contribution in [0.5, 0.6) is 0 Å². The Hall–Kier alpha value is -1.76. The van der Waals surface area contributed by atoms with E-state index in [1.54, 1.807) is 6.20 Å². The second kappa shape index (κ2) is 12.9. The van der Waals surface area contributed by atoms with E-state index in [2.05, 4.69) is 34.4 Å². The largest absolute Gasteiger partial charge is 0.373 e. The zero-order valence-corrected chi connectivity index (χ0v) is 20.3. The standard InChI is InChI=1S/C23H23N3OS.3ClH/c1-26(15-20-16-28-23(25-20)19-10-6-12-24-14-19)21-11-5-9-18(13-21)22(27)17-7-3-2-4-8-17;;;/h2-14,20,23,25H,15-16H2,1H3;3*1H. The Balaban J connectivity index is 0.00000160. The number of pyridine rings is 1. The average molecular weight is 499 g/mol. The minimum atomic E-state index is 0. The molecule has 4 rings (SSSR count). The molecule has 0 radical (unpaired) electrons. The molecule has 166 valence electrons. The summed E-state index contributed by atoms with van der Waals surface area (Å²) in [5.41, 5.74) is 3.71. The van der Waals surface area contributed by atoms with E-state index in [9.17, 15) is 4.79 Å². The van der Waals surface area contributed by atoms with Gasteiger partial charge in [-0.25, -0.2) is 0 Å². The van der Waals surface area contributed by atoms with Crippen molar-refractivity contribution in [2.24, 2.45) is 0 Å². The molecule has 1 aliphatic heterocycles. The van der Waals surface area contributed by atoms with Crippen LogP contribution in [-0.4, -0.2) is 36.2 Å². The lowest BCUT2D eigenvalue weighted by Gasteiger charge is -2.24. The van der Waals surface area contributed by atoms with E-state index in [-0.39, 0.29) is 48.4 Å². The Labute approximate surface area is 206 Å². The molecule has 0 aliphatic carbocycles. The molecule has 31 heavy (non-hydrogen) atoms.